The van der Waals surface area contributed by atoms with Crippen molar-refractivity contribution in [2.24, 2.45) is 0 Å². The van der Waals surface area contributed by atoms with Gasteiger partial charge < -0.3 is 9.79 Å². The first-order valence-corrected chi connectivity index (χ1v) is 12.5. The topological polar surface area (TPSA) is 57.5 Å². The second kappa shape index (κ2) is 13.1. The molecule has 0 saturated carbocycles. The standard InChI is InChI=1S/C19H30F11O3P/c20-15(21,10-8-6-4-2-1-3-5-7-9-11-34(31,32)33)12-16(22,23)13-17(24,25)14-18(26,27)19(28,29)30/h1-14H2,(H2,31,32,33). The van der Waals surface area contributed by atoms with Crippen molar-refractivity contribution in [3.05, 3.63) is 0 Å². The number of unbranched alkanes of at least 4 members (excludes halogenated alkanes) is 8. The quantitative estimate of drug-likeness (QED) is 0.103. The van der Waals surface area contributed by atoms with Crippen molar-refractivity contribution >= 4 is 7.60 Å². The average molecular weight is 546 g/mol. The molecule has 0 aromatic heterocycles. The summed E-state index contributed by atoms with van der Waals surface area (Å²) in [6.45, 7) is 0. The molecule has 0 atom stereocenters. The van der Waals surface area contributed by atoms with Gasteiger partial charge in [-0.1, -0.05) is 44.9 Å². The zero-order valence-corrected chi connectivity index (χ0v) is 19.2. The van der Waals surface area contributed by atoms with Crippen LogP contribution in [-0.4, -0.2) is 45.8 Å². The van der Waals surface area contributed by atoms with Crippen molar-refractivity contribution in [1.29, 1.82) is 0 Å². The molecule has 0 saturated heterocycles. The zero-order valence-electron chi connectivity index (χ0n) is 18.3. The molecule has 0 aliphatic heterocycles. The summed E-state index contributed by atoms with van der Waals surface area (Å²) in [5, 5.41) is 0. The minimum absolute atomic E-state index is 0.196. The minimum Gasteiger partial charge on any atom is -0.324 e. The lowest BCUT2D eigenvalue weighted by Crippen LogP contribution is -2.44. The molecule has 0 aliphatic rings. The number of hydrogen-bond acceptors (Lipinski definition) is 1. The third kappa shape index (κ3) is 16.1. The van der Waals surface area contributed by atoms with Crippen LogP contribution in [0.15, 0.2) is 0 Å². The van der Waals surface area contributed by atoms with Crippen LogP contribution >= 0.6 is 7.60 Å². The van der Waals surface area contributed by atoms with Gasteiger partial charge in [-0.3, -0.25) is 4.57 Å². The van der Waals surface area contributed by atoms with Crippen molar-refractivity contribution in [2.75, 3.05) is 6.16 Å². The van der Waals surface area contributed by atoms with E-state index in [1.165, 1.54) is 0 Å². The van der Waals surface area contributed by atoms with E-state index in [2.05, 4.69) is 0 Å². The van der Waals surface area contributed by atoms with Crippen LogP contribution in [0.5, 0.6) is 0 Å². The summed E-state index contributed by atoms with van der Waals surface area (Å²) >= 11 is 0. The summed E-state index contributed by atoms with van der Waals surface area (Å²) in [6.07, 6.45) is -11.8. The van der Waals surface area contributed by atoms with Crippen LogP contribution in [0.1, 0.15) is 83.5 Å². The van der Waals surface area contributed by atoms with Gasteiger partial charge in [-0.2, -0.15) is 22.0 Å². The molecule has 0 rings (SSSR count). The predicted molar refractivity (Wildman–Crippen MR) is 103 cm³/mol. The highest BCUT2D eigenvalue weighted by atomic mass is 31.2. The lowest BCUT2D eigenvalue weighted by atomic mass is 9.96. The van der Waals surface area contributed by atoms with Gasteiger partial charge in [-0.05, 0) is 12.8 Å². The molecule has 34 heavy (non-hydrogen) atoms. The van der Waals surface area contributed by atoms with E-state index in [1.807, 2.05) is 0 Å². The Balaban J connectivity index is 4.24. The lowest BCUT2D eigenvalue weighted by Gasteiger charge is -2.29. The molecule has 0 radical (unpaired) electrons. The Kier molecular flexibility index (Phi) is 12.8. The Morgan fingerprint density at radius 2 is 0.853 bits per heavy atom. The summed E-state index contributed by atoms with van der Waals surface area (Å²) < 4.78 is 154. The fourth-order valence-electron chi connectivity index (χ4n) is 3.33. The summed E-state index contributed by atoms with van der Waals surface area (Å²) in [4.78, 5) is 17.4. The summed E-state index contributed by atoms with van der Waals surface area (Å²) in [7, 11) is -4.01. The number of hydrogen-bond donors (Lipinski definition) is 2. The molecule has 3 nitrogen and oxygen atoms in total. The van der Waals surface area contributed by atoms with Crippen LogP contribution < -0.4 is 0 Å². The second-order valence-electron chi connectivity index (χ2n) is 8.62. The molecule has 0 aromatic carbocycles. The largest absolute Gasteiger partial charge is 0.453 e. The average Bonchev–Trinajstić information content (AvgIpc) is 2.54. The second-order valence-corrected chi connectivity index (χ2v) is 10.4. The van der Waals surface area contributed by atoms with E-state index in [0.717, 1.165) is 19.3 Å². The highest BCUT2D eigenvalue weighted by Gasteiger charge is 2.63. The van der Waals surface area contributed by atoms with Crippen LogP contribution in [0.4, 0.5) is 48.3 Å². The molecule has 0 aliphatic carbocycles. The smallest absolute Gasteiger partial charge is 0.324 e. The van der Waals surface area contributed by atoms with Gasteiger partial charge in [0.1, 0.15) is 0 Å². The monoisotopic (exact) mass is 546 g/mol. The molecule has 0 fully saturated rings. The van der Waals surface area contributed by atoms with Gasteiger partial charge in [0.25, 0.3) is 17.8 Å². The fourth-order valence-corrected chi connectivity index (χ4v) is 3.97. The summed E-state index contributed by atoms with van der Waals surface area (Å²) in [5.41, 5.74) is 0. The maximum Gasteiger partial charge on any atom is 0.453 e. The summed E-state index contributed by atoms with van der Waals surface area (Å²) in [6, 6.07) is 0. The van der Waals surface area contributed by atoms with Gasteiger partial charge in [-0.15, -0.1) is 0 Å². The van der Waals surface area contributed by atoms with Gasteiger partial charge in [0.15, 0.2) is 0 Å². The highest BCUT2D eigenvalue weighted by molar-refractivity contribution is 7.51. The molecule has 0 spiro atoms. The molecule has 206 valence electrons. The van der Waals surface area contributed by atoms with Crippen LogP contribution in [0.25, 0.3) is 0 Å². The van der Waals surface area contributed by atoms with Crippen molar-refractivity contribution < 1.29 is 62.6 Å². The Bertz CT molecular complexity index is 633. The first-order valence-electron chi connectivity index (χ1n) is 10.7. The maximum atomic E-state index is 13.7. The van der Waals surface area contributed by atoms with E-state index in [9.17, 15) is 52.9 Å². The first kappa shape index (κ1) is 33.4. The van der Waals surface area contributed by atoms with E-state index in [1.54, 1.807) is 0 Å². The third-order valence-electron chi connectivity index (χ3n) is 4.92. The van der Waals surface area contributed by atoms with Gasteiger partial charge in [0.05, 0.1) is 19.3 Å². The molecular formula is C19H30F11O3P. The Morgan fingerprint density at radius 3 is 1.26 bits per heavy atom. The molecule has 0 heterocycles. The zero-order chi connectivity index (χ0) is 26.9. The number of rotatable bonds is 18. The van der Waals surface area contributed by atoms with Crippen molar-refractivity contribution in [1.82, 2.24) is 0 Å². The van der Waals surface area contributed by atoms with Crippen LogP contribution in [-0.2, 0) is 4.57 Å². The van der Waals surface area contributed by atoms with Crippen molar-refractivity contribution in [3.8, 4) is 0 Å². The summed E-state index contributed by atoms with van der Waals surface area (Å²) in [5.74, 6) is -20.1. The van der Waals surface area contributed by atoms with Gasteiger partial charge in [-0.25, -0.2) is 26.3 Å². The molecule has 0 bridgehead atoms. The Hall–Kier alpha value is -0.620. The molecule has 0 aromatic rings. The van der Waals surface area contributed by atoms with Crippen molar-refractivity contribution in [3.63, 3.8) is 0 Å². The van der Waals surface area contributed by atoms with E-state index >= 15 is 0 Å². The predicted octanol–water partition coefficient (Wildman–Crippen LogP) is 8.34. The lowest BCUT2D eigenvalue weighted by molar-refractivity contribution is -0.304. The Labute approximate surface area is 190 Å². The van der Waals surface area contributed by atoms with Gasteiger partial charge in [0.2, 0.25) is 0 Å². The van der Waals surface area contributed by atoms with Crippen LogP contribution in [0, 0.1) is 0 Å². The molecule has 0 amide bonds. The number of alkyl halides is 11. The molecule has 2 N–H and O–H groups in total. The molecular weight excluding hydrogens is 516 g/mol. The normalized spacial score (nSPS) is 14.6. The first-order chi connectivity index (χ1) is 15.1. The van der Waals surface area contributed by atoms with Crippen LogP contribution in [0.2, 0.25) is 0 Å². The van der Waals surface area contributed by atoms with Gasteiger partial charge >= 0.3 is 19.7 Å². The van der Waals surface area contributed by atoms with Crippen molar-refractivity contribution in [2.45, 2.75) is 113 Å². The minimum atomic E-state index is -6.39. The van der Waals surface area contributed by atoms with E-state index in [0.29, 0.717) is 25.7 Å². The van der Waals surface area contributed by atoms with E-state index in [-0.39, 0.29) is 19.0 Å². The van der Waals surface area contributed by atoms with E-state index < -0.39 is 63.1 Å². The number of halogens is 11. The SMILES string of the molecule is O=P(O)(O)CCCCCCCCCCCC(F)(F)CC(F)(F)CC(F)(F)CC(F)(F)C(F)(F)F. The van der Waals surface area contributed by atoms with Crippen LogP contribution in [0.3, 0.4) is 0 Å². The van der Waals surface area contributed by atoms with Gasteiger partial charge in [0, 0.05) is 12.6 Å². The van der Waals surface area contributed by atoms with E-state index in [4.69, 9.17) is 9.79 Å². The molecule has 15 heteroatoms. The maximum absolute atomic E-state index is 13.7. The highest BCUT2D eigenvalue weighted by Crippen LogP contribution is 2.47. The molecule has 0 unspecified atom stereocenters. The Morgan fingerprint density at radius 1 is 0.500 bits per heavy atom. The fraction of sp³-hybridized carbons (Fsp3) is 1.00. The third-order valence-corrected chi connectivity index (χ3v) is 5.82.